The average Bonchev–Trinajstić information content (AvgIpc) is 1.25. The first-order valence-electron chi connectivity index (χ1n) is 51.2. The number of amidine groups is 1. The van der Waals surface area contributed by atoms with Gasteiger partial charge in [-0.1, -0.05) is 394 Å². The molecule has 0 bridgehead atoms. The first-order chi connectivity index (χ1) is 72.1. The highest BCUT2D eigenvalue weighted by Crippen LogP contribution is 2.52. The molecule has 28 rings (SSSR count). The fraction of sp³-hybridized carbons (Fsp3) is 0.0851. The Balaban J connectivity index is 0.000000112. The molecule has 147 heavy (non-hydrogen) atoms. The van der Waals surface area contributed by atoms with Gasteiger partial charge in [-0.3, -0.25) is 4.99 Å². The summed E-state index contributed by atoms with van der Waals surface area (Å²) in [6.07, 6.45) is 0. The summed E-state index contributed by atoms with van der Waals surface area (Å²) in [4.78, 5) is 17.1. The number of ether oxygens (including phenoxy) is 2. The first kappa shape index (κ1) is 89.1. The topological polar surface area (TPSA) is 58.8 Å². The molecule has 0 amide bonds. The van der Waals surface area contributed by atoms with Crippen molar-refractivity contribution in [2.45, 2.75) is 58.2 Å². The molecule has 0 fully saturated rings. The van der Waals surface area contributed by atoms with E-state index in [2.05, 4.69) is 537 Å². The molecule has 0 spiro atoms. The Morgan fingerprint density at radius 2 is 0.463 bits per heavy atom. The average molecular weight is 1890 g/mol. The SMILES string of the molecule is CC1(C)COC(c2cccc(-c3ccc4c(-c5ccc6ccccc6c5)c5ccccc5c(-c5ccc6ccccc6c5)c4c3)c2)=N1.CC1(C)N=C(c2ccccc2)N(c2ccc(-c3ccc4c(-c5ccc6ccccc6c5)c5ccccc5c(-c5ccc6ccccc6c5)c4c3)cc2)C1(C)C.c1cc(C2=NCCO2)cc(-c2ccc3c(-c4ccc5ccccc5c4)c4ccccc4c(-c4ccc5ccccc5c4)c3c2)c1. The van der Waals surface area contributed by atoms with Crippen LogP contribution in [0.25, 0.3) is 229 Å². The number of benzene rings is 25. The maximum Gasteiger partial charge on any atom is 0.216 e. The largest absolute Gasteiger partial charge is 0.476 e. The van der Waals surface area contributed by atoms with Crippen LogP contribution >= 0.6 is 0 Å². The normalized spacial score (nSPS) is 14.1. The van der Waals surface area contributed by atoms with Crippen LogP contribution in [0.1, 0.15) is 58.2 Å². The van der Waals surface area contributed by atoms with E-state index in [9.17, 15) is 0 Å². The third-order valence-corrected chi connectivity index (χ3v) is 30.9. The molecule has 3 aliphatic rings. The van der Waals surface area contributed by atoms with E-state index in [1.54, 1.807) is 0 Å². The van der Waals surface area contributed by atoms with Crippen molar-refractivity contribution in [3.8, 4) is 100 Å². The van der Waals surface area contributed by atoms with Crippen LogP contribution in [0.3, 0.4) is 0 Å². The van der Waals surface area contributed by atoms with Crippen molar-refractivity contribution < 1.29 is 9.47 Å². The number of rotatable bonds is 13. The highest BCUT2D eigenvalue weighted by atomic mass is 16.5. The van der Waals surface area contributed by atoms with E-state index >= 15 is 0 Å². The van der Waals surface area contributed by atoms with Crippen molar-refractivity contribution in [2.24, 2.45) is 15.0 Å². The predicted octanol–water partition coefficient (Wildman–Crippen LogP) is 37.1. The van der Waals surface area contributed by atoms with Crippen LogP contribution in [0.2, 0.25) is 0 Å². The fourth-order valence-corrected chi connectivity index (χ4v) is 22.9. The molecule has 25 aromatic carbocycles. The second-order valence-corrected chi connectivity index (χ2v) is 41.1. The molecular weight excluding hydrogens is 1780 g/mol. The number of hydrogen-bond donors (Lipinski definition) is 0. The summed E-state index contributed by atoms with van der Waals surface area (Å²) in [7, 11) is 0. The molecule has 0 saturated heterocycles. The van der Waals surface area contributed by atoms with Crippen LogP contribution in [0.15, 0.2) is 500 Å². The number of aliphatic imine (C=N–C) groups is 3. The smallest absolute Gasteiger partial charge is 0.216 e. The Morgan fingerprint density at radius 3 is 0.782 bits per heavy atom. The van der Waals surface area contributed by atoms with Gasteiger partial charge in [0.2, 0.25) is 11.8 Å². The van der Waals surface area contributed by atoms with E-state index < -0.39 is 0 Å². The van der Waals surface area contributed by atoms with Gasteiger partial charge in [0, 0.05) is 22.4 Å². The lowest BCUT2D eigenvalue weighted by Gasteiger charge is -2.41. The Morgan fingerprint density at radius 1 is 0.197 bits per heavy atom. The van der Waals surface area contributed by atoms with Crippen LogP contribution in [0.5, 0.6) is 0 Å². The highest BCUT2D eigenvalue weighted by Gasteiger charge is 2.50. The zero-order chi connectivity index (χ0) is 98.6. The van der Waals surface area contributed by atoms with Crippen LogP contribution in [0.4, 0.5) is 5.69 Å². The van der Waals surface area contributed by atoms with Crippen LogP contribution in [0, 0.1) is 0 Å². The third kappa shape index (κ3) is 16.2. The highest BCUT2D eigenvalue weighted by molar-refractivity contribution is 6.27. The minimum absolute atomic E-state index is 0.205. The zero-order valence-corrected chi connectivity index (χ0v) is 82.9. The summed E-state index contributed by atoms with van der Waals surface area (Å²) in [5.74, 6) is 2.47. The number of fused-ring (bicyclic) bond motifs is 12. The van der Waals surface area contributed by atoms with Crippen molar-refractivity contribution >= 4 is 153 Å². The molecule has 0 atom stereocenters. The predicted molar refractivity (Wildman–Crippen MR) is 626 cm³/mol. The molecule has 3 heterocycles. The van der Waals surface area contributed by atoms with Gasteiger partial charge in [-0.2, -0.15) is 0 Å². The van der Waals surface area contributed by atoms with Crippen molar-refractivity contribution in [1.82, 2.24) is 0 Å². The zero-order valence-electron chi connectivity index (χ0n) is 82.9. The van der Waals surface area contributed by atoms with Crippen molar-refractivity contribution in [3.63, 3.8) is 0 Å². The number of nitrogens with zero attached hydrogens (tertiary/aromatic N) is 4. The minimum Gasteiger partial charge on any atom is -0.476 e. The van der Waals surface area contributed by atoms with Crippen molar-refractivity contribution in [2.75, 3.05) is 24.7 Å². The van der Waals surface area contributed by atoms with E-state index in [4.69, 9.17) is 19.5 Å². The van der Waals surface area contributed by atoms with Gasteiger partial charge in [-0.15, -0.1) is 0 Å². The lowest BCUT2D eigenvalue weighted by Crippen LogP contribution is -2.53. The van der Waals surface area contributed by atoms with Gasteiger partial charge in [0.15, 0.2) is 0 Å². The molecule has 0 saturated carbocycles. The van der Waals surface area contributed by atoms with E-state index in [0.717, 1.165) is 57.7 Å². The van der Waals surface area contributed by atoms with Gasteiger partial charge in [-0.25, -0.2) is 9.98 Å². The second-order valence-electron chi connectivity index (χ2n) is 41.1. The van der Waals surface area contributed by atoms with E-state index in [1.807, 2.05) is 0 Å². The molecule has 0 aromatic heterocycles. The lowest BCUT2D eigenvalue weighted by atomic mass is 9.82. The van der Waals surface area contributed by atoms with Gasteiger partial charge < -0.3 is 14.4 Å². The summed E-state index contributed by atoms with van der Waals surface area (Å²) >= 11 is 0. The molecule has 0 N–H and O–H groups in total. The van der Waals surface area contributed by atoms with Crippen molar-refractivity contribution in [3.05, 3.63) is 502 Å². The first-order valence-corrected chi connectivity index (χ1v) is 51.2. The van der Waals surface area contributed by atoms with Gasteiger partial charge in [0.1, 0.15) is 19.0 Å². The molecular formula is C141H104N4O2. The van der Waals surface area contributed by atoms with Crippen LogP contribution < -0.4 is 4.90 Å². The Labute approximate surface area is 855 Å². The Hall–Kier alpha value is -18.0. The standard InChI is InChI=1S/C53H42N2.C45H33NO.C43H29NO/c1-52(2)53(3,4)55(51(54-52)38-16-6-5-7-17-38)44-29-26-37(27-30-44)41-28-31-47-48(34-41)50(43-25-23-36-15-9-11-19-40(36)33-43)46-21-13-12-20-45(46)49(47)42-24-22-35-14-8-10-18-39(35)32-42;1-45(2)28-47-44(46-45)37-15-9-14-33(26-37)34-22-23-40-41(27-34)43(36-21-19-30-11-4-6-13-32(30)25-36)39-17-8-7-16-38(39)42(40)35-20-18-29-10-3-5-12-31(29)24-35;1-3-10-30-24-34(18-16-28(30)8-1)41-37-14-5-6-15-38(37)42(35-19-17-29-9-2-4-11-31(29)25-35)40-27-33(20-21-39(40)41)32-12-7-13-36(26-32)43-44-22-23-45-43/h5-34H,1-4H3;3-27H,28H2,1-2H3;1-21,24-27H,22-23H2. The van der Waals surface area contributed by atoms with Gasteiger partial charge in [0.05, 0.1) is 23.2 Å². The third-order valence-electron chi connectivity index (χ3n) is 30.9. The van der Waals surface area contributed by atoms with E-state index in [1.165, 1.54) is 218 Å². The number of anilines is 1. The monoisotopic (exact) mass is 1880 g/mol. The van der Waals surface area contributed by atoms with Crippen LogP contribution in [-0.2, 0) is 9.47 Å². The van der Waals surface area contributed by atoms with Gasteiger partial charge in [0.25, 0.3) is 0 Å². The summed E-state index contributed by atoms with van der Waals surface area (Å²) in [5, 5.41) is 30.0. The van der Waals surface area contributed by atoms with Crippen molar-refractivity contribution in [1.29, 1.82) is 0 Å². The summed E-state index contributed by atoms with van der Waals surface area (Å²) in [6, 6.07) is 178. The van der Waals surface area contributed by atoms with E-state index in [0.29, 0.717) is 13.2 Å². The molecule has 3 aliphatic heterocycles. The molecule has 0 radical (unpaired) electrons. The fourth-order valence-electron chi connectivity index (χ4n) is 22.9. The summed E-state index contributed by atoms with van der Waals surface area (Å²) < 4.78 is 11.8. The van der Waals surface area contributed by atoms with Gasteiger partial charge >= 0.3 is 0 Å². The molecule has 6 heteroatoms. The Kier molecular flexibility index (Phi) is 22.1. The minimum atomic E-state index is -0.264. The summed E-state index contributed by atoms with van der Waals surface area (Å²) in [5.41, 5.74) is 25.6. The van der Waals surface area contributed by atoms with Gasteiger partial charge in [-0.05, 0) is 362 Å². The quantitative estimate of drug-likeness (QED) is 0.108. The lowest BCUT2D eigenvalue weighted by molar-refractivity contribution is 0.279. The summed E-state index contributed by atoms with van der Waals surface area (Å²) in [6.45, 7) is 15.3. The second kappa shape index (κ2) is 36.5. The maximum atomic E-state index is 6.02. The Bertz CT molecular complexity index is 9770. The molecule has 6 nitrogen and oxygen atoms in total. The molecule has 700 valence electrons. The maximum absolute atomic E-state index is 6.02. The molecule has 25 aromatic rings. The van der Waals surface area contributed by atoms with Crippen LogP contribution in [-0.4, -0.2) is 54.0 Å². The number of hydrogen-bond acceptors (Lipinski definition) is 6. The van der Waals surface area contributed by atoms with E-state index in [-0.39, 0.29) is 16.6 Å². The molecule has 0 aliphatic carbocycles. The molecule has 0 unspecified atom stereocenters.